The number of hydrogen-bond donors (Lipinski definition) is 1. The largest absolute Gasteiger partial charge is 0.439 e. The molecule has 0 saturated heterocycles. The predicted molar refractivity (Wildman–Crippen MR) is 77.2 cm³/mol. The van der Waals surface area contributed by atoms with Crippen LogP contribution in [0.5, 0.6) is 11.6 Å². The molecule has 0 bridgehead atoms. The Balaban J connectivity index is 2.29. The van der Waals surface area contributed by atoms with E-state index in [1.165, 1.54) is 0 Å². The number of benzene rings is 1. The number of halogens is 1. The zero-order chi connectivity index (χ0) is 13.8. The van der Waals surface area contributed by atoms with Crippen LogP contribution in [0, 0.1) is 6.92 Å². The van der Waals surface area contributed by atoms with Gasteiger partial charge in [-0.05, 0) is 30.7 Å². The summed E-state index contributed by atoms with van der Waals surface area (Å²) in [5, 5.41) is 3.72. The van der Waals surface area contributed by atoms with Crippen molar-refractivity contribution in [2.24, 2.45) is 0 Å². The summed E-state index contributed by atoms with van der Waals surface area (Å²) in [7, 11) is 1.82. The van der Waals surface area contributed by atoms with E-state index in [1.807, 2.05) is 39.1 Å². The second-order valence-electron chi connectivity index (χ2n) is 4.12. The van der Waals surface area contributed by atoms with Crippen LogP contribution >= 0.6 is 11.6 Å². The van der Waals surface area contributed by atoms with Crippen LogP contribution in [0.25, 0.3) is 0 Å². The van der Waals surface area contributed by atoms with Gasteiger partial charge in [-0.25, -0.2) is 4.98 Å². The van der Waals surface area contributed by atoms with Crippen molar-refractivity contribution in [1.29, 1.82) is 0 Å². The molecule has 0 unspecified atom stereocenters. The number of aryl methyl sites for hydroxylation is 2. The molecule has 1 N–H and O–H groups in total. The summed E-state index contributed by atoms with van der Waals surface area (Å²) in [4.78, 5) is 8.66. The van der Waals surface area contributed by atoms with E-state index in [1.54, 1.807) is 6.07 Å². The van der Waals surface area contributed by atoms with Gasteiger partial charge in [0.25, 0.3) is 0 Å². The van der Waals surface area contributed by atoms with Gasteiger partial charge in [-0.3, -0.25) is 0 Å². The summed E-state index contributed by atoms with van der Waals surface area (Å²) < 4.78 is 5.75. The predicted octanol–water partition coefficient (Wildman–Crippen LogP) is 3.83. The van der Waals surface area contributed by atoms with Gasteiger partial charge in [0.15, 0.2) is 0 Å². The topological polar surface area (TPSA) is 47.0 Å². The minimum atomic E-state index is 0.526. The second-order valence-corrected chi connectivity index (χ2v) is 4.53. The normalized spacial score (nSPS) is 10.3. The smallest absolute Gasteiger partial charge is 0.224 e. The average molecular weight is 278 g/mol. The molecule has 0 aliphatic rings. The second kappa shape index (κ2) is 5.89. The fraction of sp³-hybridized carbons (Fsp3) is 0.286. The van der Waals surface area contributed by atoms with Gasteiger partial charge in [0.1, 0.15) is 17.4 Å². The fourth-order valence-corrected chi connectivity index (χ4v) is 1.73. The van der Waals surface area contributed by atoms with E-state index in [-0.39, 0.29) is 0 Å². The molecular formula is C14H16ClN3O. The van der Waals surface area contributed by atoms with Gasteiger partial charge in [0.05, 0.1) is 0 Å². The quantitative estimate of drug-likeness (QED) is 0.922. The van der Waals surface area contributed by atoms with Gasteiger partial charge in [-0.2, -0.15) is 4.98 Å². The van der Waals surface area contributed by atoms with Crippen LogP contribution in [-0.2, 0) is 6.42 Å². The first-order valence-corrected chi connectivity index (χ1v) is 6.50. The lowest BCUT2D eigenvalue weighted by molar-refractivity contribution is 0.459. The molecule has 19 heavy (non-hydrogen) atoms. The third kappa shape index (κ3) is 3.35. The zero-order valence-electron chi connectivity index (χ0n) is 11.2. The lowest BCUT2D eigenvalue weighted by atomic mass is 10.2. The number of nitrogens with one attached hydrogen (secondary N) is 1. The summed E-state index contributed by atoms with van der Waals surface area (Å²) >= 11 is 5.99. The van der Waals surface area contributed by atoms with Gasteiger partial charge < -0.3 is 10.1 Å². The Morgan fingerprint density at radius 3 is 2.68 bits per heavy atom. The molecule has 0 spiro atoms. The maximum atomic E-state index is 5.99. The lowest BCUT2D eigenvalue weighted by Crippen LogP contribution is -2.01. The first kappa shape index (κ1) is 13.6. The maximum absolute atomic E-state index is 5.99. The molecule has 1 heterocycles. The molecule has 1 aromatic carbocycles. The Kier molecular flexibility index (Phi) is 4.22. The number of hydrogen-bond acceptors (Lipinski definition) is 4. The van der Waals surface area contributed by atoms with Gasteiger partial charge in [0.2, 0.25) is 5.88 Å². The van der Waals surface area contributed by atoms with E-state index < -0.39 is 0 Å². The molecule has 5 heteroatoms. The molecule has 100 valence electrons. The highest BCUT2D eigenvalue weighted by Gasteiger charge is 2.06. The summed E-state index contributed by atoms with van der Waals surface area (Å²) in [6, 6.07) is 7.29. The Morgan fingerprint density at radius 1 is 1.26 bits per heavy atom. The molecular weight excluding hydrogens is 262 g/mol. The van der Waals surface area contributed by atoms with Crippen molar-refractivity contribution in [3.63, 3.8) is 0 Å². The molecule has 0 amide bonds. The van der Waals surface area contributed by atoms with E-state index in [0.29, 0.717) is 11.6 Å². The van der Waals surface area contributed by atoms with Crippen molar-refractivity contribution in [2.75, 3.05) is 12.4 Å². The van der Waals surface area contributed by atoms with E-state index in [0.717, 1.165) is 28.6 Å². The molecule has 1 aromatic heterocycles. The molecule has 0 radical (unpaired) electrons. The number of ether oxygens (including phenoxy) is 1. The third-order valence-electron chi connectivity index (χ3n) is 2.67. The van der Waals surface area contributed by atoms with Crippen molar-refractivity contribution >= 4 is 17.4 Å². The van der Waals surface area contributed by atoms with Gasteiger partial charge >= 0.3 is 0 Å². The number of rotatable bonds is 4. The third-order valence-corrected chi connectivity index (χ3v) is 3.10. The summed E-state index contributed by atoms with van der Waals surface area (Å²) in [5.74, 6) is 2.72. The summed E-state index contributed by atoms with van der Waals surface area (Å²) in [6.07, 6.45) is 0.755. The van der Waals surface area contributed by atoms with Crippen molar-refractivity contribution in [2.45, 2.75) is 20.3 Å². The van der Waals surface area contributed by atoms with Crippen LogP contribution in [0.3, 0.4) is 0 Å². The molecule has 0 atom stereocenters. The molecule has 0 aliphatic carbocycles. The number of anilines is 1. The highest BCUT2D eigenvalue weighted by atomic mass is 35.5. The van der Waals surface area contributed by atoms with Gasteiger partial charge in [-0.15, -0.1) is 0 Å². The van der Waals surface area contributed by atoms with Crippen molar-refractivity contribution in [1.82, 2.24) is 9.97 Å². The van der Waals surface area contributed by atoms with E-state index in [4.69, 9.17) is 16.3 Å². The number of aromatic nitrogens is 2. The van der Waals surface area contributed by atoms with Crippen molar-refractivity contribution in [3.05, 3.63) is 40.7 Å². The maximum Gasteiger partial charge on any atom is 0.224 e. The monoisotopic (exact) mass is 277 g/mol. The first-order chi connectivity index (χ1) is 9.12. The van der Waals surface area contributed by atoms with E-state index >= 15 is 0 Å². The van der Waals surface area contributed by atoms with Crippen LogP contribution in [0.2, 0.25) is 5.02 Å². The molecule has 0 fully saturated rings. The number of nitrogens with zero attached hydrogens (tertiary/aromatic N) is 2. The summed E-state index contributed by atoms with van der Waals surface area (Å²) in [6.45, 7) is 3.94. The van der Waals surface area contributed by atoms with E-state index in [9.17, 15) is 0 Å². The lowest BCUT2D eigenvalue weighted by Gasteiger charge is -2.09. The SMILES string of the molecule is CCc1nc(NC)cc(Oc2ccc(Cl)c(C)c2)n1. The summed E-state index contributed by atoms with van der Waals surface area (Å²) in [5.41, 5.74) is 0.970. The first-order valence-electron chi connectivity index (χ1n) is 6.12. The molecule has 4 nitrogen and oxygen atoms in total. The van der Waals surface area contributed by atoms with Crippen molar-refractivity contribution < 1.29 is 4.74 Å². The van der Waals surface area contributed by atoms with Crippen LogP contribution in [-0.4, -0.2) is 17.0 Å². The van der Waals surface area contributed by atoms with Crippen molar-refractivity contribution in [3.8, 4) is 11.6 Å². The Hall–Kier alpha value is -1.81. The average Bonchev–Trinajstić information content (AvgIpc) is 2.42. The highest BCUT2D eigenvalue weighted by molar-refractivity contribution is 6.31. The van der Waals surface area contributed by atoms with Crippen LogP contribution in [0.15, 0.2) is 24.3 Å². The minimum absolute atomic E-state index is 0.526. The van der Waals surface area contributed by atoms with Crippen LogP contribution in [0.1, 0.15) is 18.3 Å². The fourth-order valence-electron chi connectivity index (χ4n) is 1.61. The zero-order valence-corrected chi connectivity index (χ0v) is 12.0. The van der Waals surface area contributed by atoms with E-state index in [2.05, 4.69) is 15.3 Å². The molecule has 2 rings (SSSR count). The standard InChI is InChI=1S/C14H16ClN3O/c1-4-12-17-13(16-3)8-14(18-12)19-10-5-6-11(15)9(2)7-10/h5-8H,4H2,1-3H3,(H,16,17,18). The van der Waals surface area contributed by atoms with Crippen LogP contribution < -0.4 is 10.1 Å². The van der Waals surface area contributed by atoms with Gasteiger partial charge in [0, 0.05) is 24.6 Å². The minimum Gasteiger partial charge on any atom is -0.439 e. The van der Waals surface area contributed by atoms with Crippen LogP contribution in [0.4, 0.5) is 5.82 Å². The highest BCUT2D eigenvalue weighted by Crippen LogP contribution is 2.25. The Bertz CT molecular complexity index is 565. The molecule has 0 aliphatic heterocycles. The molecule has 0 saturated carbocycles. The Morgan fingerprint density at radius 2 is 2.05 bits per heavy atom. The van der Waals surface area contributed by atoms with Gasteiger partial charge in [-0.1, -0.05) is 18.5 Å². The Labute approximate surface area is 117 Å². The molecule has 2 aromatic rings.